The average Bonchev–Trinajstić information content (AvgIpc) is 3.05. The Kier molecular flexibility index (Phi) is 3.68. The van der Waals surface area contributed by atoms with Crippen molar-refractivity contribution in [3.8, 4) is 11.3 Å². The van der Waals surface area contributed by atoms with E-state index in [0.29, 0.717) is 5.82 Å². The van der Waals surface area contributed by atoms with Gasteiger partial charge < -0.3 is 9.42 Å². The van der Waals surface area contributed by atoms with Crippen molar-refractivity contribution in [1.82, 2.24) is 20.0 Å². The molecule has 1 aliphatic heterocycles. The number of carbonyl (C=O) groups is 1. The first-order valence-electron chi connectivity index (χ1n) is 7.53. The second-order valence-corrected chi connectivity index (χ2v) is 5.79. The molecule has 1 saturated heterocycles. The van der Waals surface area contributed by atoms with Crippen molar-refractivity contribution in [2.24, 2.45) is 0 Å². The molecule has 1 amide bonds. The van der Waals surface area contributed by atoms with Gasteiger partial charge in [-0.15, -0.1) is 0 Å². The Morgan fingerprint density at radius 1 is 1.32 bits per heavy atom. The van der Waals surface area contributed by atoms with E-state index in [2.05, 4.69) is 15.1 Å². The van der Waals surface area contributed by atoms with Crippen molar-refractivity contribution < 1.29 is 9.32 Å². The van der Waals surface area contributed by atoms with Gasteiger partial charge in [-0.1, -0.05) is 5.16 Å². The zero-order valence-electron chi connectivity index (χ0n) is 13.4. The molecule has 0 aliphatic carbocycles. The molecule has 0 radical (unpaired) electrons. The van der Waals surface area contributed by atoms with E-state index >= 15 is 0 Å². The maximum Gasteiger partial charge on any atom is 0.220 e. The highest BCUT2D eigenvalue weighted by atomic mass is 16.5. The fourth-order valence-electron chi connectivity index (χ4n) is 3.19. The van der Waals surface area contributed by atoms with Crippen LogP contribution in [-0.4, -0.2) is 32.5 Å². The van der Waals surface area contributed by atoms with E-state index in [4.69, 9.17) is 4.52 Å². The lowest BCUT2D eigenvalue weighted by Crippen LogP contribution is -2.28. The maximum atomic E-state index is 11.8. The third-order valence-electron chi connectivity index (χ3n) is 4.15. The van der Waals surface area contributed by atoms with Crippen LogP contribution in [0.2, 0.25) is 0 Å². The largest absolute Gasteiger partial charge is 0.361 e. The lowest BCUT2D eigenvalue weighted by molar-refractivity contribution is -0.129. The Labute approximate surface area is 129 Å². The van der Waals surface area contributed by atoms with Crippen LogP contribution in [0.15, 0.2) is 10.6 Å². The average molecular weight is 300 g/mol. The molecule has 0 spiro atoms. The quantitative estimate of drug-likeness (QED) is 0.852. The van der Waals surface area contributed by atoms with Crippen LogP contribution >= 0.6 is 0 Å². The fraction of sp³-hybridized carbons (Fsp3) is 0.500. The van der Waals surface area contributed by atoms with Crippen LogP contribution in [0.4, 0.5) is 0 Å². The lowest BCUT2D eigenvalue weighted by Gasteiger charge is -2.23. The van der Waals surface area contributed by atoms with Gasteiger partial charge in [-0.25, -0.2) is 9.97 Å². The summed E-state index contributed by atoms with van der Waals surface area (Å²) in [4.78, 5) is 22.8. The Hall–Kier alpha value is -2.24. The van der Waals surface area contributed by atoms with Gasteiger partial charge in [0.25, 0.3) is 0 Å². The molecule has 1 aliphatic rings. The van der Waals surface area contributed by atoms with Crippen molar-refractivity contribution in [2.75, 3.05) is 6.54 Å². The molecule has 2 aromatic heterocycles. The van der Waals surface area contributed by atoms with Gasteiger partial charge in [-0.05, 0) is 39.7 Å². The van der Waals surface area contributed by atoms with Crippen LogP contribution < -0.4 is 0 Å². The monoisotopic (exact) mass is 300 g/mol. The van der Waals surface area contributed by atoms with Crippen molar-refractivity contribution >= 4 is 5.91 Å². The lowest BCUT2D eigenvalue weighted by atomic mass is 10.1. The minimum atomic E-state index is 0.0402. The molecular weight excluding hydrogens is 280 g/mol. The van der Waals surface area contributed by atoms with E-state index < -0.39 is 0 Å². The summed E-state index contributed by atoms with van der Waals surface area (Å²) in [5.74, 6) is 1.54. The summed E-state index contributed by atoms with van der Waals surface area (Å²) in [6.07, 6.45) is 1.95. The number of hydrogen-bond donors (Lipinski definition) is 0. The summed E-state index contributed by atoms with van der Waals surface area (Å²) >= 11 is 0. The smallest absolute Gasteiger partial charge is 0.220 e. The minimum Gasteiger partial charge on any atom is -0.361 e. The minimum absolute atomic E-state index is 0.0402. The summed E-state index contributed by atoms with van der Waals surface area (Å²) in [5, 5.41) is 3.99. The van der Waals surface area contributed by atoms with Crippen LogP contribution in [0, 0.1) is 20.8 Å². The standard InChI is InChI=1S/C16H20N4O2/c1-9-16(10(2)22-19-9)14-8-13(17-11(3)18-14)15-6-5-7-20(15)12(4)21/h8,15H,5-7H2,1-4H3/t15-/m0/s1. The van der Waals surface area contributed by atoms with Crippen molar-refractivity contribution in [2.45, 2.75) is 46.6 Å². The maximum absolute atomic E-state index is 11.8. The van der Waals surface area contributed by atoms with Crippen LogP contribution in [-0.2, 0) is 4.79 Å². The topological polar surface area (TPSA) is 72.1 Å². The molecule has 22 heavy (non-hydrogen) atoms. The Morgan fingerprint density at radius 3 is 2.73 bits per heavy atom. The normalized spacial score (nSPS) is 18.0. The number of aromatic nitrogens is 3. The highest BCUT2D eigenvalue weighted by Gasteiger charge is 2.30. The molecule has 3 rings (SSSR count). The molecule has 1 fully saturated rings. The van der Waals surface area contributed by atoms with Crippen molar-refractivity contribution in [3.05, 3.63) is 29.0 Å². The number of nitrogens with zero attached hydrogens (tertiary/aromatic N) is 4. The van der Waals surface area contributed by atoms with Gasteiger partial charge in [-0.3, -0.25) is 4.79 Å². The van der Waals surface area contributed by atoms with Crippen LogP contribution in [0.1, 0.15) is 48.8 Å². The predicted molar refractivity (Wildman–Crippen MR) is 81.1 cm³/mol. The third kappa shape index (κ3) is 2.49. The van der Waals surface area contributed by atoms with E-state index in [1.807, 2.05) is 31.7 Å². The molecule has 1 atom stereocenters. The van der Waals surface area contributed by atoms with Crippen LogP contribution in [0.5, 0.6) is 0 Å². The summed E-state index contributed by atoms with van der Waals surface area (Å²) in [5.41, 5.74) is 3.44. The van der Waals surface area contributed by atoms with Gasteiger partial charge in [0.2, 0.25) is 5.91 Å². The molecule has 0 saturated carbocycles. The molecule has 0 N–H and O–H groups in total. The summed E-state index contributed by atoms with van der Waals surface area (Å²) in [7, 11) is 0. The Bertz CT molecular complexity index is 703. The zero-order chi connectivity index (χ0) is 15.9. The first-order chi connectivity index (χ1) is 10.5. The highest BCUT2D eigenvalue weighted by Crippen LogP contribution is 2.33. The van der Waals surface area contributed by atoms with Gasteiger partial charge in [0.1, 0.15) is 11.6 Å². The SMILES string of the molecule is CC(=O)N1CCC[C@H]1c1cc(-c2c(C)noc2C)nc(C)n1. The van der Waals surface area contributed by atoms with Crippen molar-refractivity contribution in [3.63, 3.8) is 0 Å². The molecule has 0 unspecified atom stereocenters. The summed E-state index contributed by atoms with van der Waals surface area (Å²) in [6.45, 7) is 8.06. The molecule has 2 aromatic rings. The number of aryl methyl sites for hydroxylation is 3. The second-order valence-electron chi connectivity index (χ2n) is 5.79. The van der Waals surface area contributed by atoms with E-state index in [1.54, 1.807) is 6.92 Å². The number of likely N-dealkylation sites (tertiary alicyclic amines) is 1. The van der Waals surface area contributed by atoms with E-state index in [1.165, 1.54) is 0 Å². The molecule has 6 nitrogen and oxygen atoms in total. The van der Waals surface area contributed by atoms with Gasteiger partial charge >= 0.3 is 0 Å². The first-order valence-corrected chi connectivity index (χ1v) is 7.53. The van der Waals surface area contributed by atoms with E-state index in [0.717, 1.165) is 47.8 Å². The molecular formula is C16H20N4O2. The van der Waals surface area contributed by atoms with Gasteiger partial charge in [0, 0.05) is 13.5 Å². The van der Waals surface area contributed by atoms with E-state index in [-0.39, 0.29) is 11.9 Å². The summed E-state index contributed by atoms with van der Waals surface area (Å²) < 4.78 is 5.24. The highest BCUT2D eigenvalue weighted by molar-refractivity contribution is 5.74. The predicted octanol–water partition coefficient (Wildman–Crippen LogP) is 2.74. The van der Waals surface area contributed by atoms with Gasteiger partial charge in [0.05, 0.1) is 28.7 Å². The van der Waals surface area contributed by atoms with Gasteiger partial charge in [0.15, 0.2) is 0 Å². The molecule has 0 bridgehead atoms. The number of carbonyl (C=O) groups excluding carboxylic acids is 1. The van der Waals surface area contributed by atoms with Crippen LogP contribution in [0.3, 0.4) is 0 Å². The van der Waals surface area contributed by atoms with Crippen molar-refractivity contribution in [1.29, 1.82) is 0 Å². The Balaban J connectivity index is 2.06. The van der Waals surface area contributed by atoms with Crippen LogP contribution in [0.25, 0.3) is 11.3 Å². The second kappa shape index (κ2) is 5.51. The molecule has 0 aromatic carbocycles. The number of rotatable bonds is 2. The first kappa shape index (κ1) is 14.7. The summed E-state index contributed by atoms with van der Waals surface area (Å²) in [6, 6.07) is 2.00. The number of amides is 1. The molecule has 6 heteroatoms. The zero-order valence-corrected chi connectivity index (χ0v) is 13.4. The molecule has 116 valence electrons. The third-order valence-corrected chi connectivity index (χ3v) is 4.15. The fourth-order valence-corrected chi connectivity index (χ4v) is 3.19. The van der Waals surface area contributed by atoms with Gasteiger partial charge in [-0.2, -0.15) is 0 Å². The molecule has 3 heterocycles. The number of hydrogen-bond acceptors (Lipinski definition) is 5. The van der Waals surface area contributed by atoms with E-state index in [9.17, 15) is 4.79 Å². The Morgan fingerprint density at radius 2 is 2.09 bits per heavy atom.